The zero-order valence-corrected chi connectivity index (χ0v) is 15.1. The Balaban J connectivity index is 1.82. The smallest absolute Gasteiger partial charge is 0.161 e. The Hall–Kier alpha value is -1.56. The first-order chi connectivity index (χ1) is 12.1. The lowest BCUT2D eigenvalue weighted by Crippen LogP contribution is -2.53. The molecule has 0 bridgehead atoms. The Kier molecular flexibility index (Phi) is 4.48. The molecule has 6 heteroatoms. The Morgan fingerprint density at radius 1 is 1.12 bits per heavy atom. The average molecular weight is 377 g/mol. The van der Waals surface area contributed by atoms with Crippen LogP contribution < -0.4 is 0 Å². The molecular weight excluding hydrogens is 359 g/mol. The summed E-state index contributed by atoms with van der Waals surface area (Å²) in [4.78, 5) is 6.55. The highest BCUT2D eigenvalue weighted by atomic mass is 35.5. The van der Waals surface area contributed by atoms with Crippen molar-refractivity contribution in [3.63, 3.8) is 0 Å². The van der Waals surface area contributed by atoms with E-state index in [0.717, 1.165) is 35.8 Å². The van der Waals surface area contributed by atoms with E-state index in [1.165, 1.54) is 12.1 Å². The third-order valence-electron chi connectivity index (χ3n) is 4.77. The highest BCUT2D eigenvalue weighted by Crippen LogP contribution is 2.45. The van der Waals surface area contributed by atoms with Crippen LogP contribution in [0.3, 0.4) is 0 Å². The summed E-state index contributed by atoms with van der Waals surface area (Å²) in [6, 6.07) is 13.9. The Morgan fingerprint density at radius 2 is 1.76 bits per heavy atom. The Labute approximate surface area is 155 Å². The maximum Gasteiger partial charge on any atom is 0.161 e. The molecule has 1 saturated heterocycles. The van der Waals surface area contributed by atoms with Crippen molar-refractivity contribution in [1.82, 2.24) is 4.90 Å². The second-order valence-electron chi connectivity index (χ2n) is 6.37. The standard InChI is InChI=1S/C19H18ClFN2OS/c20-15-6-2-13(3-7-15)17(14-4-8-16(21)9-5-14)19(24)12-25-18-22-10-1-11-23(18)19/h2-9,17,24H,1,10-12H2. The van der Waals surface area contributed by atoms with Crippen LogP contribution in [0.25, 0.3) is 0 Å². The van der Waals surface area contributed by atoms with Gasteiger partial charge in [-0.2, -0.15) is 0 Å². The summed E-state index contributed by atoms with van der Waals surface area (Å²) >= 11 is 7.63. The van der Waals surface area contributed by atoms with Crippen LogP contribution in [0, 0.1) is 5.82 Å². The van der Waals surface area contributed by atoms with E-state index >= 15 is 0 Å². The molecular formula is C19H18ClFN2OS. The molecule has 130 valence electrons. The number of hydrogen-bond donors (Lipinski definition) is 1. The lowest BCUT2D eigenvalue weighted by molar-refractivity contribution is -0.0573. The molecule has 0 saturated carbocycles. The minimum atomic E-state index is -1.10. The van der Waals surface area contributed by atoms with E-state index in [-0.39, 0.29) is 11.7 Å². The predicted molar refractivity (Wildman–Crippen MR) is 101 cm³/mol. The topological polar surface area (TPSA) is 35.8 Å². The lowest BCUT2D eigenvalue weighted by Gasteiger charge is -2.42. The van der Waals surface area contributed by atoms with Gasteiger partial charge in [-0.25, -0.2) is 4.39 Å². The quantitative estimate of drug-likeness (QED) is 0.875. The predicted octanol–water partition coefficient (Wildman–Crippen LogP) is 4.11. The van der Waals surface area contributed by atoms with Gasteiger partial charge in [0.05, 0.1) is 5.92 Å². The summed E-state index contributed by atoms with van der Waals surface area (Å²) in [5.41, 5.74) is 0.722. The van der Waals surface area contributed by atoms with E-state index in [2.05, 4.69) is 4.99 Å². The molecule has 2 aromatic carbocycles. The van der Waals surface area contributed by atoms with E-state index in [1.54, 1.807) is 23.9 Å². The lowest BCUT2D eigenvalue weighted by atomic mass is 9.82. The molecule has 2 atom stereocenters. The van der Waals surface area contributed by atoms with Crippen molar-refractivity contribution in [1.29, 1.82) is 0 Å². The molecule has 0 amide bonds. The molecule has 2 heterocycles. The first kappa shape index (κ1) is 16.9. The molecule has 2 unspecified atom stereocenters. The molecule has 0 aliphatic carbocycles. The molecule has 0 radical (unpaired) electrons. The molecule has 1 N–H and O–H groups in total. The molecule has 0 spiro atoms. The van der Waals surface area contributed by atoms with Gasteiger partial charge in [0.15, 0.2) is 10.9 Å². The third kappa shape index (κ3) is 3.05. The maximum absolute atomic E-state index is 13.4. The van der Waals surface area contributed by atoms with Gasteiger partial charge in [-0.05, 0) is 41.8 Å². The number of amidine groups is 1. The summed E-state index contributed by atoms with van der Waals surface area (Å²) in [5, 5.41) is 13.2. The van der Waals surface area contributed by atoms with Gasteiger partial charge in [0, 0.05) is 23.9 Å². The van der Waals surface area contributed by atoms with Crippen molar-refractivity contribution in [2.75, 3.05) is 18.8 Å². The number of thioether (sulfide) groups is 1. The van der Waals surface area contributed by atoms with Crippen molar-refractivity contribution in [2.45, 2.75) is 18.1 Å². The molecule has 4 rings (SSSR count). The molecule has 3 nitrogen and oxygen atoms in total. The van der Waals surface area contributed by atoms with Gasteiger partial charge in [0.1, 0.15) is 5.82 Å². The maximum atomic E-state index is 13.4. The molecule has 2 aromatic rings. The monoisotopic (exact) mass is 376 g/mol. The van der Waals surface area contributed by atoms with Crippen LogP contribution in [0.4, 0.5) is 4.39 Å². The summed E-state index contributed by atoms with van der Waals surface area (Å²) in [6.07, 6.45) is 0.920. The Morgan fingerprint density at radius 3 is 2.44 bits per heavy atom. The van der Waals surface area contributed by atoms with Crippen molar-refractivity contribution in [3.8, 4) is 0 Å². The van der Waals surface area contributed by atoms with E-state index in [4.69, 9.17) is 11.6 Å². The van der Waals surface area contributed by atoms with Gasteiger partial charge in [0.25, 0.3) is 0 Å². The van der Waals surface area contributed by atoms with Crippen LogP contribution in [0.5, 0.6) is 0 Å². The number of aliphatic hydroxyl groups is 1. The average Bonchev–Trinajstić information content (AvgIpc) is 2.97. The van der Waals surface area contributed by atoms with Crippen molar-refractivity contribution in [3.05, 3.63) is 70.5 Å². The minimum Gasteiger partial charge on any atom is -0.369 e. The number of fused-ring (bicyclic) bond motifs is 1. The molecule has 0 aromatic heterocycles. The van der Waals surface area contributed by atoms with E-state index in [0.29, 0.717) is 10.8 Å². The van der Waals surface area contributed by atoms with Crippen LogP contribution in [0.2, 0.25) is 5.02 Å². The summed E-state index contributed by atoms with van der Waals surface area (Å²) in [7, 11) is 0. The molecule has 2 aliphatic heterocycles. The van der Waals surface area contributed by atoms with Gasteiger partial charge in [0.2, 0.25) is 0 Å². The van der Waals surface area contributed by atoms with Crippen LogP contribution in [-0.2, 0) is 0 Å². The van der Waals surface area contributed by atoms with Crippen LogP contribution in [0.15, 0.2) is 53.5 Å². The number of rotatable bonds is 3. The molecule has 1 fully saturated rings. The number of aliphatic imine (C=N–C) groups is 1. The first-order valence-corrected chi connectivity index (χ1v) is 9.62. The van der Waals surface area contributed by atoms with Crippen molar-refractivity contribution < 1.29 is 9.50 Å². The number of benzene rings is 2. The number of hydrogen-bond acceptors (Lipinski definition) is 4. The minimum absolute atomic E-state index is 0.286. The fourth-order valence-electron chi connectivity index (χ4n) is 3.59. The highest BCUT2D eigenvalue weighted by Gasteiger charge is 2.50. The summed E-state index contributed by atoms with van der Waals surface area (Å²) in [5.74, 6) is -0.0773. The second-order valence-corrected chi connectivity index (χ2v) is 7.75. The van der Waals surface area contributed by atoms with Gasteiger partial charge in [-0.1, -0.05) is 47.6 Å². The fraction of sp³-hybridized carbons (Fsp3) is 0.316. The largest absolute Gasteiger partial charge is 0.369 e. The van der Waals surface area contributed by atoms with Gasteiger partial charge in [-0.3, -0.25) is 4.99 Å². The van der Waals surface area contributed by atoms with Crippen LogP contribution in [-0.4, -0.2) is 39.7 Å². The van der Waals surface area contributed by atoms with E-state index in [9.17, 15) is 9.50 Å². The zero-order chi connectivity index (χ0) is 17.4. The number of halogens is 2. The summed E-state index contributed by atoms with van der Waals surface area (Å²) in [6.45, 7) is 1.57. The van der Waals surface area contributed by atoms with Gasteiger partial charge in [-0.15, -0.1) is 0 Å². The Bertz CT molecular complexity index is 751. The van der Waals surface area contributed by atoms with Crippen LogP contribution >= 0.6 is 23.4 Å². The van der Waals surface area contributed by atoms with Gasteiger partial charge < -0.3 is 10.0 Å². The highest BCUT2D eigenvalue weighted by molar-refractivity contribution is 8.14. The van der Waals surface area contributed by atoms with E-state index in [1.807, 2.05) is 29.2 Å². The number of nitrogens with zero attached hydrogens (tertiary/aromatic N) is 2. The fourth-order valence-corrected chi connectivity index (χ4v) is 4.97. The molecule has 2 aliphatic rings. The van der Waals surface area contributed by atoms with Crippen molar-refractivity contribution >= 4 is 28.5 Å². The van der Waals surface area contributed by atoms with Gasteiger partial charge >= 0.3 is 0 Å². The third-order valence-corrected chi connectivity index (χ3v) is 6.20. The summed E-state index contributed by atoms with van der Waals surface area (Å²) < 4.78 is 13.4. The van der Waals surface area contributed by atoms with Crippen molar-refractivity contribution in [2.24, 2.45) is 4.99 Å². The first-order valence-electron chi connectivity index (χ1n) is 8.26. The normalized spacial score (nSPS) is 24.0. The van der Waals surface area contributed by atoms with Crippen LogP contribution in [0.1, 0.15) is 23.5 Å². The van der Waals surface area contributed by atoms with E-state index < -0.39 is 5.72 Å². The zero-order valence-electron chi connectivity index (χ0n) is 13.5. The molecule has 25 heavy (non-hydrogen) atoms. The second kappa shape index (κ2) is 6.63. The SMILES string of the molecule is OC1(C(c2ccc(F)cc2)c2ccc(Cl)cc2)CSC2=NCCCN21.